The predicted octanol–water partition coefficient (Wildman–Crippen LogP) is 3.49. The number of thioether (sulfide) groups is 1. The van der Waals surface area contributed by atoms with Crippen molar-refractivity contribution in [2.24, 2.45) is 10.9 Å². The molecule has 1 amide bonds. The standard InChI is InChI=1S/C21H31N3O3S2/c1-6-14(4)20(25)22-21-24(18-12-29(26,27)13-19(18)28-21)17-10-9-16(11-15(17)5)23(7-2)8-3/h9-11,14,18-19H,6-8,12-13H2,1-5H3. The molecule has 3 unspecified atom stereocenters. The number of rotatable bonds is 6. The summed E-state index contributed by atoms with van der Waals surface area (Å²) in [7, 11) is -3.07. The summed E-state index contributed by atoms with van der Waals surface area (Å²) in [5, 5.41) is 0.559. The van der Waals surface area contributed by atoms with Crippen molar-refractivity contribution < 1.29 is 13.2 Å². The third-order valence-corrected chi connectivity index (χ3v) is 9.08. The zero-order valence-electron chi connectivity index (χ0n) is 17.9. The lowest BCUT2D eigenvalue weighted by molar-refractivity contribution is -0.121. The number of amidine groups is 1. The van der Waals surface area contributed by atoms with Crippen molar-refractivity contribution in [1.82, 2.24) is 0 Å². The minimum absolute atomic E-state index is 0.0784. The van der Waals surface area contributed by atoms with Crippen molar-refractivity contribution in [1.29, 1.82) is 0 Å². The molecule has 2 aliphatic rings. The van der Waals surface area contributed by atoms with E-state index in [1.54, 1.807) is 0 Å². The summed E-state index contributed by atoms with van der Waals surface area (Å²) in [5.74, 6) is -0.0229. The molecule has 0 aliphatic carbocycles. The van der Waals surface area contributed by atoms with Gasteiger partial charge in [-0.1, -0.05) is 25.6 Å². The molecule has 2 saturated heterocycles. The summed E-state index contributed by atoms with van der Waals surface area (Å²) in [6, 6.07) is 6.08. The first-order valence-electron chi connectivity index (χ1n) is 10.3. The van der Waals surface area contributed by atoms with Gasteiger partial charge in [-0.15, -0.1) is 0 Å². The van der Waals surface area contributed by atoms with Gasteiger partial charge in [0.1, 0.15) is 0 Å². The molecule has 6 nitrogen and oxygen atoms in total. The molecule has 0 radical (unpaired) electrons. The number of amides is 1. The summed E-state index contributed by atoms with van der Waals surface area (Å²) >= 11 is 1.44. The maximum absolute atomic E-state index is 12.5. The number of nitrogens with zero attached hydrogens (tertiary/aromatic N) is 3. The summed E-state index contributed by atoms with van der Waals surface area (Å²) in [6.07, 6.45) is 0.735. The molecule has 0 spiro atoms. The molecular formula is C21H31N3O3S2. The van der Waals surface area contributed by atoms with Crippen LogP contribution < -0.4 is 9.80 Å². The first kappa shape index (κ1) is 22.2. The summed E-state index contributed by atoms with van der Waals surface area (Å²) in [4.78, 5) is 21.2. The Labute approximate surface area is 178 Å². The third kappa shape index (κ3) is 4.48. The molecule has 160 valence electrons. The second-order valence-electron chi connectivity index (χ2n) is 7.86. The fourth-order valence-electron chi connectivity index (χ4n) is 3.92. The monoisotopic (exact) mass is 437 g/mol. The van der Waals surface area contributed by atoms with E-state index < -0.39 is 9.84 Å². The first-order chi connectivity index (χ1) is 13.7. The molecule has 0 aromatic heterocycles. The molecule has 1 aromatic rings. The highest BCUT2D eigenvalue weighted by atomic mass is 32.2. The van der Waals surface area contributed by atoms with E-state index in [1.807, 2.05) is 31.7 Å². The number of aliphatic imine (C=N–C) groups is 1. The van der Waals surface area contributed by atoms with Crippen LogP contribution in [0.2, 0.25) is 0 Å². The molecule has 3 rings (SSSR count). The Kier molecular flexibility index (Phi) is 6.63. The number of carbonyl (C=O) groups excluding carboxylic acids is 1. The van der Waals surface area contributed by atoms with E-state index in [4.69, 9.17) is 0 Å². The van der Waals surface area contributed by atoms with Crippen LogP contribution in [0.3, 0.4) is 0 Å². The number of anilines is 2. The van der Waals surface area contributed by atoms with Crippen molar-refractivity contribution in [2.45, 2.75) is 52.3 Å². The zero-order valence-corrected chi connectivity index (χ0v) is 19.5. The SMILES string of the molecule is CCC(C)C(=O)N=C1SC2CS(=O)(=O)CC2N1c1ccc(N(CC)CC)cc1C. The maximum atomic E-state index is 12.5. The van der Waals surface area contributed by atoms with Crippen molar-refractivity contribution in [3.8, 4) is 0 Å². The van der Waals surface area contributed by atoms with Crippen LogP contribution in [-0.4, -0.2) is 55.4 Å². The van der Waals surface area contributed by atoms with Crippen LogP contribution >= 0.6 is 11.8 Å². The Morgan fingerprint density at radius 2 is 1.97 bits per heavy atom. The van der Waals surface area contributed by atoms with Crippen molar-refractivity contribution in [2.75, 3.05) is 34.4 Å². The molecular weight excluding hydrogens is 406 g/mol. The first-order valence-corrected chi connectivity index (χ1v) is 13.0. The Morgan fingerprint density at radius 1 is 1.28 bits per heavy atom. The Balaban J connectivity index is 2.02. The van der Waals surface area contributed by atoms with Gasteiger partial charge in [-0.3, -0.25) is 4.79 Å². The number of carbonyl (C=O) groups is 1. The summed E-state index contributed by atoms with van der Waals surface area (Å²) < 4.78 is 24.5. The van der Waals surface area contributed by atoms with Crippen LogP contribution in [-0.2, 0) is 14.6 Å². The van der Waals surface area contributed by atoms with Gasteiger partial charge in [0.05, 0.1) is 17.5 Å². The number of benzene rings is 1. The van der Waals surface area contributed by atoms with E-state index in [0.29, 0.717) is 5.17 Å². The fraction of sp³-hybridized carbons (Fsp3) is 0.619. The molecule has 1 aromatic carbocycles. The Morgan fingerprint density at radius 3 is 2.55 bits per heavy atom. The quantitative estimate of drug-likeness (QED) is 0.679. The Hall–Kier alpha value is -1.54. The summed E-state index contributed by atoms with van der Waals surface area (Å²) in [5.41, 5.74) is 3.14. The number of hydrogen-bond acceptors (Lipinski definition) is 5. The predicted molar refractivity (Wildman–Crippen MR) is 123 cm³/mol. The number of aryl methyl sites for hydroxylation is 1. The van der Waals surface area contributed by atoms with Gasteiger partial charge in [0, 0.05) is 35.6 Å². The molecule has 8 heteroatoms. The molecule has 2 heterocycles. The molecule has 0 saturated carbocycles. The van der Waals surface area contributed by atoms with Crippen LogP contribution in [0.1, 0.15) is 39.7 Å². The van der Waals surface area contributed by atoms with E-state index in [2.05, 4.69) is 35.9 Å². The lowest BCUT2D eigenvalue weighted by atomic mass is 10.1. The number of hydrogen-bond donors (Lipinski definition) is 0. The second-order valence-corrected chi connectivity index (χ2v) is 11.2. The van der Waals surface area contributed by atoms with E-state index in [9.17, 15) is 13.2 Å². The van der Waals surface area contributed by atoms with Crippen LogP contribution in [0.25, 0.3) is 0 Å². The van der Waals surface area contributed by atoms with Gasteiger partial charge in [0.2, 0.25) is 0 Å². The minimum Gasteiger partial charge on any atom is -0.372 e. The second kappa shape index (κ2) is 8.68. The number of fused-ring (bicyclic) bond motifs is 1. The van der Waals surface area contributed by atoms with Gasteiger partial charge in [-0.25, -0.2) is 8.42 Å². The van der Waals surface area contributed by atoms with E-state index in [0.717, 1.165) is 36.4 Å². The Bertz CT molecular complexity index is 910. The summed E-state index contributed by atoms with van der Waals surface area (Å²) in [6.45, 7) is 12.0. The van der Waals surface area contributed by atoms with Gasteiger partial charge >= 0.3 is 0 Å². The van der Waals surface area contributed by atoms with E-state index >= 15 is 0 Å². The van der Waals surface area contributed by atoms with Gasteiger partial charge in [-0.2, -0.15) is 4.99 Å². The van der Waals surface area contributed by atoms with Crippen molar-refractivity contribution >= 4 is 44.0 Å². The normalized spacial score (nSPS) is 25.3. The zero-order chi connectivity index (χ0) is 21.3. The largest absolute Gasteiger partial charge is 0.372 e. The smallest absolute Gasteiger partial charge is 0.250 e. The topological polar surface area (TPSA) is 70.0 Å². The molecule has 2 aliphatic heterocycles. The van der Waals surface area contributed by atoms with Crippen molar-refractivity contribution in [3.63, 3.8) is 0 Å². The fourth-order valence-corrected chi connectivity index (χ4v) is 7.83. The highest BCUT2D eigenvalue weighted by Crippen LogP contribution is 2.42. The molecule has 3 atom stereocenters. The average molecular weight is 438 g/mol. The van der Waals surface area contributed by atoms with Gasteiger partial charge < -0.3 is 9.80 Å². The average Bonchev–Trinajstić information content (AvgIpc) is 3.13. The molecule has 2 fully saturated rings. The van der Waals surface area contributed by atoms with Crippen LogP contribution in [0.5, 0.6) is 0 Å². The lowest BCUT2D eigenvalue weighted by Crippen LogP contribution is -2.38. The maximum Gasteiger partial charge on any atom is 0.250 e. The van der Waals surface area contributed by atoms with Crippen molar-refractivity contribution in [3.05, 3.63) is 23.8 Å². The number of sulfone groups is 1. The molecule has 0 bridgehead atoms. The molecule has 29 heavy (non-hydrogen) atoms. The third-order valence-electron chi connectivity index (χ3n) is 5.87. The van der Waals surface area contributed by atoms with Gasteiger partial charge in [0.25, 0.3) is 5.91 Å². The van der Waals surface area contributed by atoms with Gasteiger partial charge in [0.15, 0.2) is 15.0 Å². The highest BCUT2D eigenvalue weighted by Gasteiger charge is 2.49. The molecule has 0 N–H and O–H groups in total. The lowest BCUT2D eigenvalue weighted by Gasteiger charge is -2.28. The van der Waals surface area contributed by atoms with Gasteiger partial charge in [-0.05, 0) is 51.0 Å². The van der Waals surface area contributed by atoms with E-state index in [-0.39, 0.29) is 34.6 Å². The minimum atomic E-state index is -3.07. The van der Waals surface area contributed by atoms with Crippen LogP contribution in [0.4, 0.5) is 11.4 Å². The highest BCUT2D eigenvalue weighted by molar-refractivity contribution is 8.16. The van der Waals surface area contributed by atoms with E-state index in [1.165, 1.54) is 11.8 Å². The van der Waals surface area contributed by atoms with Crippen LogP contribution in [0, 0.1) is 12.8 Å². The van der Waals surface area contributed by atoms with Crippen LogP contribution in [0.15, 0.2) is 23.2 Å².